The predicted molar refractivity (Wildman–Crippen MR) is 100 cm³/mol. The number of likely N-dealkylation sites (tertiary alicyclic amines) is 1. The van der Waals surface area contributed by atoms with Gasteiger partial charge in [-0.3, -0.25) is 9.69 Å². The molecule has 4 nitrogen and oxygen atoms in total. The lowest BCUT2D eigenvalue weighted by Crippen LogP contribution is -2.47. The minimum absolute atomic E-state index is 0.0983. The average molecular weight is 359 g/mol. The molecular weight excluding hydrogens is 336 g/mol. The van der Waals surface area contributed by atoms with Crippen LogP contribution in [-0.2, 0) is 6.54 Å². The van der Waals surface area contributed by atoms with Crippen molar-refractivity contribution in [3.05, 3.63) is 64.7 Å². The molecule has 1 N–H and O–H groups in total. The van der Waals surface area contributed by atoms with E-state index in [-0.39, 0.29) is 11.9 Å². The second kappa shape index (κ2) is 8.37. The predicted octanol–water partition coefficient (Wildman–Crippen LogP) is 3.74. The molecule has 1 saturated heterocycles. The molecule has 0 saturated carbocycles. The summed E-state index contributed by atoms with van der Waals surface area (Å²) in [5.74, 6) is 0.775. The van der Waals surface area contributed by atoms with Gasteiger partial charge in [-0.05, 0) is 49.2 Å². The maximum Gasteiger partial charge on any atom is 0.253 e. The molecule has 0 radical (unpaired) electrons. The molecule has 1 atom stereocenters. The van der Waals surface area contributed by atoms with Crippen molar-refractivity contribution in [1.82, 2.24) is 10.2 Å². The van der Waals surface area contributed by atoms with Gasteiger partial charge in [-0.2, -0.15) is 0 Å². The van der Waals surface area contributed by atoms with Crippen molar-refractivity contribution in [3.8, 4) is 5.75 Å². The highest BCUT2D eigenvalue weighted by atomic mass is 35.5. The van der Waals surface area contributed by atoms with Crippen LogP contribution in [0.3, 0.4) is 0 Å². The van der Waals surface area contributed by atoms with E-state index in [1.165, 1.54) is 5.56 Å². The number of nitrogens with zero attached hydrogens (tertiary/aromatic N) is 1. The van der Waals surface area contributed by atoms with Gasteiger partial charge in [0.2, 0.25) is 0 Å². The van der Waals surface area contributed by atoms with Gasteiger partial charge in [-0.25, -0.2) is 0 Å². The normalized spacial score (nSPS) is 17.9. The Balaban J connectivity index is 1.59. The molecule has 1 aliphatic heterocycles. The summed E-state index contributed by atoms with van der Waals surface area (Å²) in [5.41, 5.74) is 1.76. The monoisotopic (exact) mass is 358 g/mol. The molecule has 1 heterocycles. The summed E-state index contributed by atoms with van der Waals surface area (Å²) in [7, 11) is 1.68. The van der Waals surface area contributed by atoms with Crippen molar-refractivity contribution in [2.24, 2.45) is 0 Å². The summed E-state index contributed by atoms with van der Waals surface area (Å²) in [6, 6.07) is 15.4. The Morgan fingerprint density at radius 3 is 2.92 bits per heavy atom. The largest absolute Gasteiger partial charge is 0.497 e. The molecule has 0 aromatic heterocycles. The summed E-state index contributed by atoms with van der Waals surface area (Å²) >= 11 is 6.12. The van der Waals surface area contributed by atoms with E-state index in [4.69, 9.17) is 16.3 Å². The quantitative estimate of drug-likeness (QED) is 0.885. The maximum atomic E-state index is 12.5. The zero-order chi connectivity index (χ0) is 17.6. The summed E-state index contributed by atoms with van der Waals surface area (Å²) in [6.07, 6.45) is 2.06. The second-order valence-corrected chi connectivity index (χ2v) is 6.79. The third-order valence-corrected chi connectivity index (χ3v) is 4.83. The van der Waals surface area contributed by atoms with E-state index in [0.717, 1.165) is 38.2 Å². The third kappa shape index (κ3) is 4.74. The van der Waals surface area contributed by atoms with Crippen LogP contribution in [0.15, 0.2) is 48.5 Å². The number of carbonyl (C=O) groups is 1. The van der Waals surface area contributed by atoms with E-state index in [1.54, 1.807) is 19.2 Å². The number of hydrogen-bond acceptors (Lipinski definition) is 3. The van der Waals surface area contributed by atoms with Crippen LogP contribution in [-0.4, -0.2) is 37.0 Å². The zero-order valence-corrected chi connectivity index (χ0v) is 15.1. The average Bonchev–Trinajstić information content (AvgIpc) is 2.62. The van der Waals surface area contributed by atoms with Crippen LogP contribution in [0.25, 0.3) is 0 Å². The Hall–Kier alpha value is -2.04. The maximum absolute atomic E-state index is 12.5. The standard InChI is InChI=1S/C20H23ClN2O2/c1-25-17-8-4-6-15(12-17)13-23-11-5-7-16(14-23)22-20(24)18-9-2-3-10-19(18)21/h2-4,6,8-10,12,16H,5,7,11,13-14H2,1H3,(H,22,24)/t16-/m1/s1. The highest BCUT2D eigenvalue weighted by Crippen LogP contribution is 2.19. The molecule has 0 spiro atoms. The molecule has 1 amide bonds. The number of ether oxygens (including phenoxy) is 1. The number of halogens is 1. The minimum atomic E-state index is -0.0983. The molecule has 2 aromatic rings. The fourth-order valence-corrected chi connectivity index (χ4v) is 3.48. The van der Waals surface area contributed by atoms with E-state index >= 15 is 0 Å². The molecule has 0 bridgehead atoms. The first kappa shape index (κ1) is 17.8. The molecule has 1 aliphatic rings. The summed E-state index contributed by atoms with van der Waals surface area (Å²) in [6.45, 7) is 2.73. The zero-order valence-electron chi connectivity index (χ0n) is 14.4. The number of carbonyl (C=O) groups excluding carboxylic acids is 1. The Kier molecular flexibility index (Phi) is 5.95. The van der Waals surface area contributed by atoms with E-state index in [2.05, 4.69) is 22.3 Å². The number of piperidine rings is 1. The number of nitrogens with one attached hydrogen (secondary N) is 1. The van der Waals surface area contributed by atoms with Gasteiger partial charge in [-0.1, -0.05) is 35.9 Å². The van der Waals surface area contributed by atoms with E-state index < -0.39 is 0 Å². The van der Waals surface area contributed by atoms with E-state index in [1.807, 2.05) is 24.3 Å². The Bertz CT molecular complexity index is 735. The number of hydrogen-bond donors (Lipinski definition) is 1. The molecular formula is C20H23ClN2O2. The Morgan fingerprint density at radius 2 is 2.12 bits per heavy atom. The first-order valence-corrected chi connectivity index (χ1v) is 8.94. The molecule has 3 rings (SSSR count). The minimum Gasteiger partial charge on any atom is -0.497 e. The van der Waals surface area contributed by atoms with E-state index in [0.29, 0.717) is 10.6 Å². The van der Waals surface area contributed by atoms with Crippen LogP contribution < -0.4 is 10.1 Å². The van der Waals surface area contributed by atoms with Gasteiger partial charge >= 0.3 is 0 Å². The van der Waals surface area contributed by atoms with Crippen molar-refractivity contribution >= 4 is 17.5 Å². The molecule has 25 heavy (non-hydrogen) atoms. The first-order valence-electron chi connectivity index (χ1n) is 8.56. The van der Waals surface area contributed by atoms with Crippen LogP contribution in [0.1, 0.15) is 28.8 Å². The fraction of sp³-hybridized carbons (Fsp3) is 0.350. The molecule has 132 valence electrons. The van der Waals surface area contributed by atoms with Crippen LogP contribution in [0.4, 0.5) is 0 Å². The molecule has 1 fully saturated rings. The first-order chi connectivity index (χ1) is 12.2. The SMILES string of the molecule is COc1cccc(CN2CCC[C@@H](NC(=O)c3ccccc3Cl)C2)c1. The van der Waals surface area contributed by atoms with Gasteiger partial charge in [-0.15, -0.1) is 0 Å². The third-order valence-electron chi connectivity index (χ3n) is 4.50. The van der Waals surface area contributed by atoms with Gasteiger partial charge < -0.3 is 10.1 Å². The highest BCUT2D eigenvalue weighted by molar-refractivity contribution is 6.33. The van der Waals surface area contributed by atoms with Gasteiger partial charge in [0.1, 0.15) is 5.75 Å². The summed E-state index contributed by atoms with van der Waals surface area (Å²) in [4.78, 5) is 14.8. The summed E-state index contributed by atoms with van der Waals surface area (Å²) < 4.78 is 5.29. The number of benzene rings is 2. The van der Waals surface area contributed by atoms with Gasteiger partial charge in [0.25, 0.3) is 5.91 Å². The van der Waals surface area contributed by atoms with Gasteiger partial charge in [0.05, 0.1) is 17.7 Å². The van der Waals surface area contributed by atoms with Crippen molar-refractivity contribution in [3.63, 3.8) is 0 Å². The van der Waals surface area contributed by atoms with Crippen LogP contribution in [0, 0.1) is 0 Å². The lowest BCUT2D eigenvalue weighted by molar-refractivity contribution is 0.0901. The van der Waals surface area contributed by atoms with Crippen molar-refractivity contribution in [2.45, 2.75) is 25.4 Å². The Labute approximate surface area is 153 Å². The van der Waals surface area contributed by atoms with Crippen LogP contribution in [0.5, 0.6) is 5.75 Å². The van der Waals surface area contributed by atoms with Crippen LogP contribution >= 0.6 is 11.6 Å². The van der Waals surface area contributed by atoms with E-state index in [9.17, 15) is 4.79 Å². The fourth-order valence-electron chi connectivity index (χ4n) is 3.25. The number of rotatable bonds is 5. The lowest BCUT2D eigenvalue weighted by atomic mass is 10.0. The smallest absolute Gasteiger partial charge is 0.253 e. The molecule has 0 unspecified atom stereocenters. The van der Waals surface area contributed by atoms with Gasteiger partial charge in [0.15, 0.2) is 0 Å². The second-order valence-electron chi connectivity index (χ2n) is 6.38. The van der Waals surface area contributed by atoms with Crippen molar-refractivity contribution in [2.75, 3.05) is 20.2 Å². The molecule has 5 heteroatoms. The molecule has 2 aromatic carbocycles. The highest BCUT2D eigenvalue weighted by Gasteiger charge is 2.22. The Morgan fingerprint density at radius 1 is 1.28 bits per heavy atom. The van der Waals surface area contributed by atoms with Gasteiger partial charge in [0, 0.05) is 19.1 Å². The van der Waals surface area contributed by atoms with Crippen molar-refractivity contribution in [1.29, 1.82) is 0 Å². The lowest BCUT2D eigenvalue weighted by Gasteiger charge is -2.33. The summed E-state index contributed by atoms with van der Waals surface area (Å²) in [5, 5.41) is 3.61. The number of methoxy groups -OCH3 is 1. The topological polar surface area (TPSA) is 41.6 Å². The van der Waals surface area contributed by atoms with Crippen molar-refractivity contribution < 1.29 is 9.53 Å². The molecule has 0 aliphatic carbocycles. The van der Waals surface area contributed by atoms with Crippen LogP contribution in [0.2, 0.25) is 5.02 Å². The number of amides is 1.